The number of rotatable bonds is 6. The van der Waals surface area contributed by atoms with Crippen LogP contribution in [0.15, 0.2) is 47.4 Å². The van der Waals surface area contributed by atoms with Gasteiger partial charge in [0.15, 0.2) is 19.6 Å². The van der Waals surface area contributed by atoms with E-state index in [0.29, 0.717) is 23.2 Å². The second kappa shape index (κ2) is 8.88. The molecule has 1 N–H and O–H groups in total. The van der Waals surface area contributed by atoms with Crippen molar-refractivity contribution >= 4 is 35.0 Å². The van der Waals surface area contributed by atoms with E-state index in [1.54, 1.807) is 16.8 Å². The minimum absolute atomic E-state index is 0.0128. The zero-order chi connectivity index (χ0) is 26.8. The van der Waals surface area contributed by atoms with Crippen LogP contribution in [0.4, 0.5) is 0 Å². The van der Waals surface area contributed by atoms with Crippen LogP contribution < -0.4 is 0 Å². The lowest BCUT2D eigenvalue weighted by Gasteiger charge is -2.42. The van der Waals surface area contributed by atoms with Gasteiger partial charge in [0.25, 0.3) is 5.16 Å². The lowest BCUT2D eigenvalue weighted by atomic mass is 9.74. The van der Waals surface area contributed by atoms with Crippen molar-refractivity contribution in [2.24, 2.45) is 11.8 Å². The largest absolute Gasteiger partial charge is 0.414 e. The summed E-state index contributed by atoms with van der Waals surface area (Å²) in [6.07, 6.45) is 12.2. The van der Waals surface area contributed by atoms with Gasteiger partial charge in [-0.25, -0.2) is 13.4 Å². The van der Waals surface area contributed by atoms with Crippen molar-refractivity contribution in [2.75, 3.05) is 0 Å². The minimum atomic E-state index is -3.96. The highest BCUT2D eigenvalue weighted by Gasteiger charge is 2.58. The number of nitrogens with one attached hydrogen (secondary N) is 1. The molecule has 2 aliphatic rings. The van der Waals surface area contributed by atoms with Crippen molar-refractivity contribution in [2.45, 2.75) is 94.4 Å². The number of aromatic amines is 1. The van der Waals surface area contributed by atoms with Gasteiger partial charge in [0, 0.05) is 12.3 Å². The summed E-state index contributed by atoms with van der Waals surface area (Å²) < 4.78 is 37.2. The number of H-pyrrole nitrogens is 1. The zero-order valence-corrected chi connectivity index (χ0v) is 24.8. The van der Waals surface area contributed by atoms with E-state index in [1.165, 1.54) is 0 Å². The fourth-order valence-electron chi connectivity index (χ4n) is 6.19. The molecule has 3 heterocycles. The standard InChI is InChI=1S/C27H39N5O3SSi/c1-8-19-15-20(35-37(6,7)26(3,4)5)16-21(19)27(13-10-9-11-18(27)2)36(33,34)25-31-30-23-17-29-24-22(32(23)25)12-14-28-24/h9-12,14,17,19-21,28H,8,13,15-16H2,1-7H3/t19-,20-,21+,27?/m1/s1. The van der Waals surface area contributed by atoms with E-state index in [1.807, 2.05) is 31.2 Å². The summed E-state index contributed by atoms with van der Waals surface area (Å²) in [5.74, 6) is 0.141. The molecule has 5 rings (SSSR count). The first-order chi connectivity index (χ1) is 17.3. The van der Waals surface area contributed by atoms with E-state index in [-0.39, 0.29) is 28.1 Å². The van der Waals surface area contributed by atoms with Gasteiger partial charge in [-0.2, -0.15) is 0 Å². The van der Waals surface area contributed by atoms with Crippen molar-refractivity contribution in [3.05, 3.63) is 42.3 Å². The number of sulfone groups is 1. The third-order valence-corrected chi connectivity index (χ3v) is 16.3. The smallest absolute Gasteiger partial charge is 0.255 e. The quantitative estimate of drug-likeness (QED) is 0.393. The fourth-order valence-corrected chi connectivity index (χ4v) is 9.98. The first-order valence-electron chi connectivity index (χ1n) is 13.3. The molecule has 1 unspecified atom stereocenters. The lowest BCUT2D eigenvalue weighted by Crippen LogP contribution is -2.49. The molecule has 0 aliphatic heterocycles. The van der Waals surface area contributed by atoms with E-state index in [2.05, 4.69) is 61.0 Å². The molecule has 1 saturated carbocycles. The maximum Gasteiger partial charge on any atom is 0.255 e. The van der Waals surface area contributed by atoms with Crippen molar-refractivity contribution in [1.29, 1.82) is 0 Å². The third-order valence-electron chi connectivity index (χ3n) is 9.25. The molecule has 0 aromatic carbocycles. The van der Waals surface area contributed by atoms with Crippen LogP contribution in [-0.4, -0.2) is 52.2 Å². The Morgan fingerprint density at radius 1 is 1.24 bits per heavy atom. The van der Waals surface area contributed by atoms with Gasteiger partial charge in [0.05, 0.1) is 11.7 Å². The molecule has 8 nitrogen and oxygen atoms in total. The Balaban J connectivity index is 1.64. The minimum Gasteiger partial charge on any atom is -0.414 e. The molecule has 0 spiro atoms. The van der Waals surface area contributed by atoms with Crippen LogP contribution in [-0.2, 0) is 14.3 Å². The van der Waals surface area contributed by atoms with Gasteiger partial charge in [-0.3, -0.25) is 4.40 Å². The Kier molecular flexibility index (Phi) is 6.31. The van der Waals surface area contributed by atoms with E-state index in [0.717, 1.165) is 24.8 Å². The molecule has 0 radical (unpaired) electrons. The van der Waals surface area contributed by atoms with Gasteiger partial charge in [-0.05, 0) is 62.2 Å². The van der Waals surface area contributed by atoms with Crippen LogP contribution in [0.25, 0.3) is 16.8 Å². The van der Waals surface area contributed by atoms with Crippen LogP contribution in [0.2, 0.25) is 18.1 Å². The van der Waals surface area contributed by atoms with Gasteiger partial charge in [-0.1, -0.05) is 57.9 Å². The molecule has 3 aromatic rings. The Morgan fingerprint density at radius 2 is 2.00 bits per heavy atom. The maximum atomic E-state index is 14.9. The van der Waals surface area contributed by atoms with Crippen molar-refractivity contribution in [3.8, 4) is 0 Å². The first kappa shape index (κ1) is 26.3. The van der Waals surface area contributed by atoms with E-state index in [4.69, 9.17) is 4.43 Å². The van der Waals surface area contributed by atoms with Crippen LogP contribution in [0.1, 0.15) is 60.3 Å². The lowest BCUT2D eigenvalue weighted by molar-refractivity contribution is 0.178. The highest BCUT2D eigenvalue weighted by Crippen LogP contribution is 2.54. The second-order valence-electron chi connectivity index (χ2n) is 12.3. The van der Waals surface area contributed by atoms with E-state index >= 15 is 0 Å². The number of fused-ring (bicyclic) bond motifs is 3. The highest BCUT2D eigenvalue weighted by atomic mass is 32.2. The number of hydrogen-bond acceptors (Lipinski definition) is 6. The molecule has 4 atom stereocenters. The average molecular weight is 542 g/mol. The van der Waals surface area contributed by atoms with E-state index in [9.17, 15) is 8.42 Å². The Morgan fingerprint density at radius 3 is 2.68 bits per heavy atom. The Labute approximate surface area is 220 Å². The SMILES string of the molecule is CC[C@@H]1C[C@@H](O[Si](C)(C)C(C)(C)C)C[C@@H]1C1(S(=O)(=O)c2nnc3cnc4[nH]ccc4n23)CC=CC=C1C. The fraction of sp³-hybridized carbons (Fsp3) is 0.593. The molecule has 200 valence electrons. The molecule has 0 bridgehead atoms. The molecule has 2 aliphatic carbocycles. The third kappa shape index (κ3) is 3.94. The van der Waals surface area contributed by atoms with Gasteiger partial charge >= 0.3 is 0 Å². The molecule has 3 aromatic heterocycles. The monoisotopic (exact) mass is 541 g/mol. The normalized spacial score (nSPS) is 27.3. The zero-order valence-electron chi connectivity index (χ0n) is 22.9. The topological polar surface area (TPSA) is 102 Å². The van der Waals surface area contributed by atoms with Crippen molar-refractivity contribution in [1.82, 2.24) is 24.6 Å². The second-order valence-corrected chi connectivity index (χ2v) is 19.1. The Hall–Kier alpha value is -2.30. The summed E-state index contributed by atoms with van der Waals surface area (Å²) in [6.45, 7) is 15.4. The number of hydrogen-bond donors (Lipinski definition) is 1. The number of aromatic nitrogens is 5. The van der Waals surface area contributed by atoms with Gasteiger partial charge in [0.2, 0.25) is 9.84 Å². The summed E-state index contributed by atoms with van der Waals surface area (Å²) in [6, 6.07) is 1.82. The molecule has 37 heavy (non-hydrogen) atoms. The Bertz CT molecular complexity index is 1500. The maximum absolute atomic E-state index is 14.9. The number of nitrogens with zero attached hydrogens (tertiary/aromatic N) is 4. The van der Waals surface area contributed by atoms with E-state index < -0.39 is 22.9 Å². The molecule has 0 saturated heterocycles. The summed E-state index contributed by atoms with van der Waals surface area (Å²) >= 11 is 0. The summed E-state index contributed by atoms with van der Waals surface area (Å²) in [5, 5.41) is 8.58. The van der Waals surface area contributed by atoms with Crippen molar-refractivity contribution in [3.63, 3.8) is 0 Å². The number of allylic oxidation sites excluding steroid dienone is 3. The van der Waals surface area contributed by atoms with Gasteiger partial charge in [-0.15, -0.1) is 10.2 Å². The van der Waals surface area contributed by atoms with Crippen LogP contribution in [0.3, 0.4) is 0 Å². The highest BCUT2D eigenvalue weighted by molar-refractivity contribution is 7.93. The van der Waals surface area contributed by atoms with Crippen LogP contribution in [0.5, 0.6) is 0 Å². The molecule has 10 heteroatoms. The van der Waals surface area contributed by atoms with Crippen LogP contribution in [0, 0.1) is 11.8 Å². The first-order valence-corrected chi connectivity index (χ1v) is 17.7. The predicted octanol–water partition coefficient (Wildman–Crippen LogP) is 5.85. The average Bonchev–Trinajstić information content (AvgIpc) is 3.55. The summed E-state index contributed by atoms with van der Waals surface area (Å²) in [7, 11) is -5.97. The van der Waals surface area contributed by atoms with Gasteiger partial charge in [0.1, 0.15) is 4.75 Å². The summed E-state index contributed by atoms with van der Waals surface area (Å²) in [5.41, 5.74) is 2.54. The molecule has 0 amide bonds. The van der Waals surface area contributed by atoms with Crippen LogP contribution >= 0.6 is 0 Å². The van der Waals surface area contributed by atoms with Gasteiger partial charge < -0.3 is 9.41 Å². The molecular weight excluding hydrogens is 502 g/mol. The van der Waals surface area contributed by atoms with Crippen molar-refractivity contribution < 1.29 is 12.8 Å². The summed E-state index contributed by atoms with van der Waals surface area (Å²) in [4.78, 5) is 7.44. The predicted molar refractivity (Wildman–Crippen MR) is 149 cm³/mol. The molecular formula is C27H39N5O3SSi. The molecule has 1 fully saturated rings.